The van der Waals surface area contributed by atoms with Crippen LogP contribution in [-0.2, 0) is 14.3 Å². The van der Waals surface area contributed by atoms with Gasteiger partial charge in [-0.05, 0) is 57.8 Å². The number of esters is 1. The first kappa shape index (κ1) is 37.9. The van der Waals surface area contributed by atoms with E-state index in [2.05, 4.69) is 62.5 Å². The minimum Gasteiger partial charge on any atom is -0.479 e. The van der Waals surface area contributed by atoms with Crippen molar-refractivity contribution in [1.29, 1.82) is 0 Å². The molecule has 0 aliphatic rings. The topological polar surface area (TPSA) is 63.6 Å². The Morgan fingerprint density at radius 1 is 0.550 bits per heavy atom. The zero-order valence-corrected chi connectivity index (χ0v) is 26.1. The monoisotopic (exact) mass is 558 g/mol. The third-order valence-electron chi connectivity index (χ3n) is 7.08. The molecule has 0 aromatic rings. The third-order valence-corrected chi connectivity index (χ3v) is 7.08. The highest BCUT2D eigenvalue weighted by Crippen LogP contribution is 2.14. The van der Waals surface area contributed by atoms with E-state index < -0.39 is 18.0 Å². The van der Waals surface area contributed by atoms with E-state index in [1.54, 1.807) is 0 Å². The first-order valence-electron chi connectivity index (χ1n) is 16.6. The maximum Gasteiger partial charge on any atom is 0.345 e. The van der Waals surface area contributed by atoms with Crippen molar-refractivity contribution in [1.82, 2.24) is 0 Å². The van der Waals surface area contributed by atoms with Gasteiger partial charge in [0.2, 0.25) is 0 Å². The Balaban J connectivity index is 3.74. The third kappa shape index (κ3) is 28.9. The highest BCUT2D eigenvalue weighted by molar-refractivity contribution is 5.77. The van der Waals surface area contributed by atoms with Gasteiger partial charge in [-0.15, -0.1) is 0 Å². The smallest absolute Gasteiger partial charge is 0.345 e. The molecule has 230 valence electrons. The van der Waals surface area contributed by atoms with E-state index in [1.165, 1.54) is 83.5 Å². The van der Waals surface area contributed by atoms with E-state index in [-0.39, 0.29) is 6.42 Å². The molecule has 4 heteroatoms. The van der Waals surface area contributed by atoms with E-state index in [0.717, 1.165) is 44.9 Å². The number of hydrogen-bond acceptors (Lipinski definition) is 3. The number of carbonyl (C=O) groups excluding carboxylic acids is 1. The van der Waals surface area contributed by atoms with Gasteiger partial charge in [0, 0.05) is 6.42 Å². The molecule has 0 saturated carbocycles. The lowest BCUT2D eigenvalue weighted by atomic mass is 10.0. The summed E-state index contributed by atoms with van der Waals surface area (Å²) >= 11 is 0. The molecule has 0 spiro atoms. The summed E-state index contributed by atoms with van der Waals surface area (Å²) in [4.78, 5) is 23.6. The molecule has 0 saturated heterocycles. The molecule has 0 bridgehead atoms. The average Bonchev–Trinajstić information content (AvgIpc) is 2.94. The quantitative estimate of drug-likeness (QED) is 0.0563. The Morgan fingerprint density at radius 3 is 1.43 bits per heavy atom. The molecule has 40 heavy (non-hydrogen) atoms. The van der Waals surface area contributed by atoms with Crippen LogP contribution in [0.3, 0.4) is 0 Å². The standard InChI is InChI=1S/C36H62O4/c1-3-5-7-9-11-13-15-17-18-19-20-21-23-25-27-29-31-33-35(37)40-34(36(38)39)32-30-28-26-24-22-16-14-12-10-8-6-4-2/h11,13,17-18,20-21,25,27,34H,3-10,12,14-16,19,22-24,26,28-33H2,1-2H3,(H,38,39)/b13-11-,18-17-,21-20-,27-25-. The summed E-state index contributed by atoms with van der Waals surface area (Å²) in [6, 6.07) is 0. The summed E-state index contributed by atoms with van der Waals surface area (Å²) in [5.41, 5.74) is 0. The summed E-state index contributed by atoms with van der Waals surface area (Å²) in [6.07, 6.45) is 41.3. The molecular weight excluding hydrogens is 496 g/mol. The molecule has 4 nitrogen and oxygen atoms in total. The first-order chi connectivity index (χ1) is 19.6. The molecule has 0 aromatic carbocycles. The SMILES string of the molecule is CCCCC/C=C\C/C=C\C/C=C\C/C=C\CCCC(=O)OC(CCCCCCCCCCCCCC)C(=O)O. The molecule has 0 rings (SSSR count). The van der Waals surface area contributed by atoms with Crippen LogP contribution in [-0.4, -0.2) is 23.1 Å². The molecule has 0 amide bonds. The number of allylic oxidation sites excluding steroid dienone is 8. The van der Waals surface area contributed by atoms with Crippen molar-refractivity contribution in [2.75, 3.05) is 0 Å². The van der Waals surface area contributed by atoms with Gasteiger partial charge in [-0.3, -0.25) is 4.79 Å². The van der Waals surface area contributed by atoms with Crippen molar-refractivity contribution in [3.63, 3.8) is 0 Å². The van der Waals surface area contributed by atoms with Gasteiger partial charge in [-0.2, -0.15) is 0 Å². The van der Waals surface area contributed by atoms with E-state index in [9.17, 15) is 14.7 Å². The van der Waals surface area contributed by atoms with Crippen molar-refractivity contribution >= 4 is 11.9 Å². The Hall–Kier alpha value is -2.10. The van der Waals surface area contributed by atoms with E-state index in [4.69, 9.17) is 4.74 Å². The van der Waals surface area contributed by atoms with Gasteiger partial charge in [0.15, 0.2) is 6.10 Å². The lowest BCUT2D eigenvalue weighted by Crippen LogP contribution is -2.26. The maximum absolute atomic E-state index is 12.1. The van der Waals surface area contributed by atoms with Gasteiger partial charge in [-0.25, -0.2) is 4.79 Å². The number of aliphatic carboxylic acids is 1. The van der Waals surface area contributed by atoms with E-state index in [0.29, 0.717) is 12.8 Å². The number of carboxylic acids is 1. The van der Waals surface area contributed by atoms with E-state index in [1.807, 2.05) is 0 Å². The Kier molecular flexibility index (Phi) is 29.8. The van der Waals surface area contributed by atoms with Crippen molar-refractivity contribution in [2.24, 2.45) is 0 Å². The van der Waals surface area contributed by atoms with Crippen LogP contribution in [0.5, 0.6) is 0 Å². The molecule has 0 fully saturated rings. The summed E-state index contributed by atoms with van der Waals surface area (Å²) in [5, 5.41) is 9.42. The lowest BCUT2D eigenvalue weighted by molar-refractivity contribution is -0.164. The molecule has 0 heterocycles. The second-order valence-electron chi connectivity index (χ2n) is 11.0. The van der Waals surface area contributed by atoms with Crippen molar-refractivity contribution in [3.8, 4) is 0 Å². The Labute approximate surface area is 247 Å². The van der Waals surface area contributed by atoms with Gasteiger partial charge in [0.05, 0.1) is 0 Å². The van der Waals surface area contributed by atoms with Gasteiger partial charge in [0.25, 0.3) is 0 Å². The van der Waals surface area contributed by atoms with Crippen LogP contribution < -0.4 is 0 Å². The minimum atomic E-state index is -1.03. The van der Waals surface area contributed by atoms with Crippen molar-refractivity contribution < 1.29 is 19.4 Å². The molecular formula is C36H62O4. The minimum absolute atomic E-state index is 0.264. The van der Waals surface area contributed by atoms with Gasteiger partial charge >= 0.3 is 11.9 Å². The van der Waals surface area contributed by atoms with Crippen molar-refractivity contribution in [3.05, 3.63) is 48.6 Å². The number of unbranched alkanes of at least 4 members (excludes halogenated alkanes) is 15. The second kappa shape index (κ2) is 31.4. The fourth-order valence-electron chi connectivity index (χ4n) is 4.55. The highest BCUT2D eigenvalue weighted by Gasteiger charge is 2.21. The largest absolute Gasteiger partial charge is 0.479 e. The molecule has 1 N–H and O–H groups in total. The summed E-state index contributed by atoms with van der Waals surface area (Å²) in [6.45, 7) is 4.48. The summed E-state index contributed by atoms with van der Waals surface area (Å²) in [7, 11) is 0. The van der Waals surface area contributed by atoms with E-state index >= 15 is 0 Å². The molecule has 0 aromatic heterocycles. The van der Waals surface area contributed by atoms with Gasteiger partial charge in [0.1, 0.15) is 0 Å². The Bertz CT molecular complexity index is 689. The second-order valence-corrected chi connectivity index (χ2v) is 11.0. The Morgan fingerprint density at radius 2 is 0.950 bits per heavy atom. The fourth-order valence-corrected chi connectivity index (χ4v) is 4.55. The zero-order valence-electron chi connectivity index (χ0n) is 26.1. The maximum atomic E-state index is 12.1. The highest BCUT2D eigenvalue weighted by atomic mass is 16.6. The predicted octanol–water partition coefficient (Wildman–Crippen LogP) is 11.2. The number of carbonyl (C=O) groups is 2. The van der Waals surface area contributed by atoms with Gasteiger partial charge < -0.3 is 9.84 Å². The van der Waals surface area contributed by atoms with Crippen LogP contribution in [0.1, 0.15) is 162 Å². The predicted molar refractivity (Wildman–Crippen MR) is 172 cm³/mol. The van der Waals surface area contributed by atoms with Gasteiger partial charge in [-0.1, -0.05) is 146 Å². The summed E-state index contributed by atoms with van der Waals surface area (Å²) in [5.74, 6) is -1.43. The van der Waals surface area contributed by atoms with Crippen LogP contribution >= 0.6 is 0 Å². The molecule has 1 unspecified atom stereocenters. The van der Waals surface area contributed by atoms with Crippen LogP contribution in [0, 0.1) is 0 Å². The number of hydrogen-bond donors (Lipinski definition) is 1. The van der Waals surface area contributed by atoms with Crippen LogP contribution in [0.2, 0.25) is 0 Å². The number of ether oxygens (including phenoxy) is 1. The van der Waals surface area contributed by atoms with Crippen molar-refractivity contribution in [2.45, 2.75) is 168 Å². The first-order valence-corrected chi connectivity index (χ1v) is 16.6. The van der Waals surface area contributed by atoms with Crippen LogP contribution in [0.15, 0.2) is 48.6 Å². The lowest BCUT2D eigenvalue weighted by Gasteiger charge is -2.13. The summed E-state index contributed by atoms with van der Waals surface area (Å²) < 4.78 is 5.26. The molecule has 0 radical (unpaired) electrons. The molecule has 0 aliphatic carbocycles. The molecule has 0 aliphatic heterocycles. The molecule has 1 atom stereocenters. The van der Waals surface area contributed by atoms with Crippen LogP contribution in [0.25, 0.3) is 0 Å². The van der Waals surface area contributed by atoms with Crippen LogP contribution in [0.4, 0.5) is 0 Å². The fraction of sp³-hybridized carbons (Fsp3) is 0.722. The number of carboxylic acid groups (broad SMARTS) is 1. The zero-order chi connectivity index (χ0) is 29.4. The normalized spacial score (nSPS) is 12.8. The number of rotatable bonds is 29. The average molecular weight is 559 g/mol.